The van der Waals surface area contributed by atoms with Crippen molar-refractivity contribution in [3.63, 3.8) is 0 Å². The lowest BCUT2D eigenvalue weighted by Crippen LogP contribution is -2.12. The van der Waals surface area contributed by atoms with Crippen LogP contribution in [0.3, 0.4) is 0 Å². The molecule has 0 spiro atoms. The molecular formula is C11H16BrN5. The van der Waals surface area contributed by atoms with Gasteiger partial charge in [0.05, 0.1) is 5.69 Å². The molecule has 0 aliphatic rings. The Morgan fingerprint density at radius 1 is 1.47 bits per heavy atom. The van der Waals surface area contributed by atoms with Gasteiger partial charge in [-0.05, 0) is 48.5 Å². The highest BCUT2D eigenvalue weighted by molar-refractivity contribution is 9.10. The summed E-state index contributed by atoms with van der Waals surface area (Å²) in [6.45, 7) is 4.74. The highest BCUT2D eigenvalue weighted by Gasteiger charge is 2.10. The van der Waals surface area contributed by atoms with Crippen LogP contribution in [0.15, 0.2) is 16.7 Å². The maximum absolute atomic E-state index is 5.54. The minimum Gasteiger partial charge on any atom is -0.366 e. The van der Waals surface area contributed by atoms with E-state index in [0.717, 1.165) is 28.2 Å². The Hall–Kier alpha value is -1.14. The van der Waals surface area contributed by atoms with E-state index >= 15 is 0 Å². The summed E-state index contributed by atoms with van der Waals surface area (Å²) in [6, 6.07) is 4.23. The number of nitrogens with zero attached hydrogens (tertiary/aromatic N) is 3. The van der Waals surface area contributed by atoms with Crippen LogP contribution >= 0.6 is 15.9 Å². The van der Waals surface area contributed by atoms with Crippen molar-refractivity contribution in [1.29, 1.82) is 0 Å². The van der Waals surface area contributed by atoms with Crippen LogP contribution in [-0.4, -0.2) is 27.2 Å². The van der Waals surface area contributed by atoms with Crippen molar-refractivity contribution in [2.24, 2.45) is 5.73 Å². The number of nitrogens with two attached hydrogens (primary N) is 1. The SMILES string of the molecule is CC(C)Nc1ccc2nc(CCN)c(Br)n2n1. The molecule has 0 bridgehead atoms. The number of anilines is 1. The van der Waals surface area contributed by atoms with Gasteiger partial charge in [-0.1, -0.05) is 0 Å². The smallest absolute Gasteiger partial charge is 0.155 e. The van der Waals surface area contributed by atoms with Gasteiger partial charge < -0.3 is 11.1 Å². The summed E-state index contributed by atoms with van der Waals surface area (Å²) < 4.78 is 2.67. The Morgan fingerprint density at radius 3 is 2.88 bits per heavy atom. The highest BCUT2D eigenvalue weighted by atomic mass is 79.9. The van der Waals surface area contributed by atoms with E-state index in [2.05, 4.69) is 45.2 Å². The number of rotatable bonds is 4. The van der Waals surface area contributed by atoms with Gasteiger partial charge in [-0.3, -0.25) is 0 Å². The van der Waals surface area contributed by atoms with E-state index in [1.54, 1.807) is 4.52 Å². The minimum atomic E-state index is 0.353. The zero-order chi connectivity index (χ0) is 12.4. The zero-order valence-electron chi connectivity index (χ0n) is 9.94. The average molecular weight is 298 g/mol. The predicted octanol–water partition coefficient (Wildman–Crippen LogP) is 1.81. The maximum Gasteiger partial charge on any atom is 0.155 e. The summed E-state index contributed by atoms with van der Waals surface area (Å²) in [5.41, 5.74) is 7.32. The lowest BCUT2D eigenvalue weighted by Gasteiger charge is -2.08. The molecule has 0 saturated carbocycles. The van der Waals surface area contributed by atoms with Gasteiger partial charge in [0.2, 0.25) is 0 Å². The summed E-state index contributed by atoms with van der Waals surface area (Å²) in [5.74, 6) is 0.838. The number of halogens is 1. The van der Waals surface area contributed by atoms with Crippen LogP contribution in [0, 0.1) is 0 Å². The van der Waals surface area contributed by atoms with Crippen LogP contribution in [-0.2, 0) is 6.42 Å². The molecule has 0 aliphatic carbocycles. The lowest BCUT2D eigenvalue weighted by molar-refractivity contribution is 0.846. The molecule has 0 radical (unpaired) electrons. The molecule has 2 heterocycles. The number of fused-ring (bicyclic) bond motifs is 1. The monoisotopic (exact) mass is 297 g/mol. The number of aromatic nitrogens is 3. The van der Waals surface area contributed by atoms with E-state index in [9.17, 15) is 0 Å². The molecule has 0 aliphatic heterocycles. The summed E-state index contributed by atoms with van der Waals surface area (Å²) in [7, 11) is 0. The fourth-order valence-electron chi connectivity index (χ4n) is 1.62. The van der Waals surface area contributed by atoms with E-state index < -0.39 is 0 Å². The van der Waals surface area contributed by atoms with E-state index in [-0.39, 0.29) is 0 Å². The van der Waals surface area contributed by atoms with Crippen molar-refractivity contribution in [3.8, 4) is 0 Å². The van der Waals surface area contributed by atoms with Gasteiger partial charge in [-0.25, -0.2) is 9.50 Å². The number of hydrogen-bond acceptors (Lipinski definition) is 4. The van der Waals surface area contributed by atoms with Crippen molar-refractivity contribution in [2.45, 2.75) is 26.3 Å². The van der Waals surface area contributed by atoms with Crippen LogP contribution < -0.4 is 11.1 Å². The molecule has 0 unspecified atom stereocenters. The van der Waals surface area contributed by atoms with E-state index in [1.165, 1.54) is 0 Å². The molecule has 2 rings (SSSR count). The third-order valence-electron chi connectivity index (χ3n) is 2.31. The van der Waals surface area contributed by atoms with Gasteiger partial charge in [0.25, 0.3) is 0 Å². The first kappa shape index (κ1) is 12.3. The standard InChI is InChI=1S/C11H16BrN5/c1-7(2)14-9-3-4-10-15-8(5-6-13)11(12)17(10)16-9/h3-4,7H,5-6,13H2,1-2H3,(H,14,16). The summed E-state index contributed by atoms with van der Waals surface area (Å²) in [5, 5.41) is 7.73. The van der Waals surface area contributed by atoms with E-state index in [4.69, 9.17) is 5.73 Å². The molecule has 0 aromatic carbocycles. The fourth-order valence-corrected chi connectivity index (χ4v) is 2.17. The normalized spacial score (nSPS) is 11.4. The first-order chi connectivity index (χ1) is 8.11. The van der Waals surface area contributed by atoms with Crippen molar-refractivity contribution in [3.05, 3.63) is 22.4 Å². The first-order valence-corrected chi connectivity index (χ1v) is 6.42. The van der Waals surface area contributed by atoms with Gasteiger partial charge in [-0.15, -0.1) is 5.10 Å². The third-order valence-corrected chi connectivity index (χ3v) is 3.10. The molecule has 0 fully saturated rings. The topological polar surface area (TPSA) is 68.2 Å². The Balaban J connectivity index is 2.42. The Morgan fingerprint density at radius 2 is 2.24 bits per heavy atom. The van der Waals surface area contributed by atoms with Crippen LogP contribution in [0.25, 0.3) is 5.65 Å². The van der Waals surface area contributed by atoms with E-state index in [0.29, 0.717) is 12.6 Å². The van der Waals surface area contributed by atoms with Crippen molar-refractivity contribution in [2.75, 3.05) is 11.9 Å². The molecule has 3 N–H and O–H groups in total. The second-order valence-electron chi connectivity index (χ2n) is 4.18. The second kappa shape index (κ2) is 5.01. The first-order valence-electron chi connectivity index (χ1n) is 5.62. The van der Waals surface area contributed by atoms with Gasteiger partial charge >= 0.3 is 0 Å². The minimum absolute atomic E-state index is 0.353. The second-order valence-corrected chi connectivity index (χ2v) is 4.93. The molecule has 5 nitrogen and oxygen atoms in total. The molecule has 2 aromatic rings. The number of nitrogens with one attached hydrogen (secondary N) is 1. The summed E-state index contributed by atoms with van der Waals surface area (Å²) in [6.07, 6.45) is 0.747. The lowest BCUT2D eigenvalue weighted by atomic mass is 10.3. The van der Waals surface area contributed by atoms with E-state index in [1.807, 2.05) is 12.1 Å². The Labute approximate surface area is 109 Å². The van der Waals surface area contributed by atoms with Crippen LogP contribution in [0.1, 0.15) is 19.5 Å². The number of imidazole rings is 1. The molecule has 2 aromatic heterocycles. The zero-order valence-corrected chi connectivity index (χ0v) is 11.5. The molecule has 0 saturated heterocycles. The molecule has 0 atom stereocenters. The number of hydrogen-bond donors (Lipinski definition) is 2. The third kappa shape index (κ3) is 2.58. The van der Waals surface area contributed by atoms with Crippen LogP contribution in [0.5, 0.6) is 0 Å². The van der Waals surface area contributed by atoms with Crippen molar-refractivity contribution in [1.82, 2.24) is 14.6 Å². The van der Waals surface area contributed by atoms with Crippen LogP contribution in [0.4, 0.5) is 5.82 Å². The van der Waals surface area contributed by atoms with Crippen molar-refractivity contribution >= 4 is 27.4 Å². The quantitative estimate of drug-likeness (QED) is 0.903. The van der Waals surface area contributed by atoms with Crippen molar-refractivity contribution < 1.29 is 0 Å². The Kier molecular flexibility index (Phi) is 3.63. The fraction of sp³-hybridized carbons (Fsp3) is 0.455. The molecular weight excluding hydrogens is 282 g/mol. The van der Waals surface area contributed by atoms with Gasteiger partial charge in [0.1, 0.15) is 10.4 Å². The average Bonchev–Trinajstić information content (AvgIpc) is 2.57. The molecule has 92 valence electrons. The van der Waals surface area contributed by atoms with Gasteiger partial charge in [0.15, 0.2) is 5.65 Å². The molecule has 17 heavy (non-hydrogen) atoms. The van der Waals surface area contributed by atoms with Gasteiger partial charge in [-0.2, -0.15) is 0 Å². The largest absolute Gasteiger partial charge is 0.366 e. The van der Waals surface area contributed by atoms with Crippen LogP contribution in [0.2, 0.25) is 0 Å². The van der Waals surface area contributed by atoms with Gasteiger partial charge in [0, 0.05) is 12.5 Å². The maximum atomic E-state index is 5.54. The summed E-state index contributed by atoms with van der Waals surface area (Å²) >= 11 is 3.51. The summed E-state index contributed by atoms with van der Waals surface area (Å²) in [4.78, 5) is 4.47. The predicted molar refractivity (Wildman–Crippen MR) is 72.2 cm³/mol. The molecule has 0 amide bonds. The Bertz CT molecular complexity index is 520. The highest BCUT2D eigenvalue weighted by Crippen LogP contribution is 2.19. The molecule has 6 heteroatoms.